The highest BCUT2D eigenvalue weighted by Gasteiger charge is 2.23. The maximum Gasteiger partial charge on any atom is 0.413 e. The number of amides is 2. The average Bonchev–Trinajstić information content (AvgIpc) is 3.24. The number of hydrogen-bond donors (Lipinski definition) is 2. The van der Waals surface area contributed by atoms with E-state index < -0.39 is 6.09 Å². The summed E-state index contributed by atoms with van der Waals surface area (Å²) in [7, 11) is 3.81. The van der Waals surface area contributed by atoms with Gasteiger partial charge in [-0.3, -0.25) is 10.1 Å². The molecule has 0 radical (unpaired) electrons. The molecular weight excluding hydrogens is 446 g/mol. The Morgan fingerprint density at radius 1 is 1.06 bits per heavy atom. The molecule has 2 amide bonds. The van der Waals surface area contributed by atoms with E-state index in [0.717, 1.165) is 28.9 Å². The minimum Gasteiger partial charge on any atom is -0.450 e. The van der Waals surface area contributed by atoms with Crippen molar-refractivity contribution in [2.24, 2.45) is 0 Å². The van der Waals surface area contributed by atoms with E-state index in [1.165, 1.54) is 0 Å². The van der Waals surface area contributed by atoms with Crippen molar-refractivity contribution in [3.05, 3.63) is 54.4 Å². The number of aromatic nitrogens is 4. The van der Waals surface area contributed by atoms with Crippen LogP contribution >= 0.6 is 0 Å². The number of benzene rings is 2. The molecule has 35 heavy (non-hydrogen) atoms. The highest BCUT2D eigenvalue weighted by molar-refractivity contribution is 6.02. The van der Waals surface area contributed by atoms with E-state index >= 15 is 0 Å². The lowest BCUT2D eigenvalue weighted by atomic mass is 9.98. The van der Waals surface area contributed by atoms with Gasteiger partial charge < -0.3 is 19.5 Å². The van der Waals surface area contributed by atoms with Gasteiger partial charge in [0, 0.05) is 50.8 Å². The number of ether oxygens (including phenoxy) is 1. The third kappa shape index (κ3) is 4.25. The van der Waals surface area contributed by atoms with Gasteiger partial charge >= 0.3 is 6.09 Å². The number of nitrogens with one attached hydrogen (secondary N) is 2. The molecule has 1 aliphatic heterocycles. The summed E-state index contributed by atoms with van der Waals surface area (Å²) >= 11 is 0. The highest BCUT2D eigenvalue weighted by Crippen LogP contribution is 2.35. The molecule has 0 aliphatic carbocycles. The van der Waals surface area contributed by atoms with E-state index in [2.05, 4.69) is 30.2 Å². The Morgan fingerprint density at radius 3 is 2.57 bits per heavy atom. The Balaban J connectivity index is 1.65. The molecule has 0 saturated heterocycles. The molecule has 10 nitrogen and oxygen atoms in total. The summed E-state index contributed by atoms with van der Waals surface area (Å²) in [6, 6.07) is 11.5. The van der Waals surface area contributed by atoms with Gasteiger partial charge in [0.1, 0.15) is 0 Å². The monoisotopic (exact) mass is 471 g/mol. The van der Waals surface area contributed by atoms with E-state index in [1.54, 1.807) is 30.3 Å². The topological polar surface area (TPSA) is 116 Å². The van der Waals surface area contributed by atoms with Crippen molar-refractivity contribution in [3.63, 3.8) is 0 Å². The number of carbonyl (C=O) groups excluding carboxylic acids is 2. The first-order valence-corrected chi connectivity index (χ1v) is 11.3. The number of hydrogen-bond acceptors (Lipinski definition) is 7. The first kappa shape index (κ1) is 22.3. The van der Waals surface area contributed by atoms with Crippen LogP contribution in [0.1, 0.15) is 17.3 Å². The Morgan fingerprint density at radius 2 is 1.80 bits per heavy atom. The van der Waals surface area contributed by atoms with Crippen molar-refractivity contribution in [1.82, 2.24) is 24.8 Å². The van der Waals surface area contributed by atoms with E-state index in [0.29, 0.717) is 29.0 Å². The smallest absolute Gasteiger partial charge is 0.413 e. The molecule has 178 valence electrons. The van der Waals surface area contributed by atoms with Crippen LogP contribution in [0.2, 0.25) is 0 Å². The Hall–Kier alpha value is -4.47. The van der Waals surface area contributed by atoms with Crippen LogP contribution in [0.4, 0.5) is 16.4 Å². The van der Waals surface area contributed by atoms with Crippen LogP contribution in [0.5, 0.6) is 0 Å². The quantitative estimate of drug-likeness (QED) is 0.465. The molecule has 2 N–H and O–H groups in total. The number of aromatic amines is 1. The van der Waals surface area contributed by atoms with E-state index in [9.17, 15) is 9.59 Å². The molecule has 10 heteroatoms. The van der Waals surface area contributed by atoms with Gasteiger partial charge in [-0.05, 0) is 48.4 Å². The molecule has 0 atom stereocenters. The Labute approximate surface area is 202 Å². The van der Waals surface area contributed by atoms with Crippen LogP contribution in [-0.2, 0) is 4.74 Å². The largest absolute Gasteiger partial charge is 0.450 e. The fourth-order valence-corrected chi connectivity index (χ4v) is 4.16. The Bertz CT molecular complexity index is 1420. The first-order chi connectivity index (χ1) is 16.9. The van der Waals surface area contributed by atoms with Gasteiger partial charge in [-0.25, -0.2) is 19.7 Å². The molecule has 0 saturated carbocycles. The van der Waals surface area contributed by atoms with Crippen molar-refractivity contribution in [2.45, 2.75) is 6.92 Å². The van der Waals surface area contributed by atoms with Crippen molar-refractivity contribution >= 4 is 34.7 Å². The van der Waals surface area contributed by atoms with Crippen LogP contribution in [0, 0.1) is 0 Å². The summed E-state index contributed by atoms with van der Waals surface area (Å²) in [4.78, 5) is 45.3. The van der Waals surface area contributed by atoms with Gasteiger partial charge in [-0.15, -0.1) is 0 Å². The summed E-state index contributed by atoms with van der Waals surface area (Å²) < 4.78 is 4.97. The second-order valence-electron chi connectivity index (χ2n) is 8.30. The molecule has 0 bridgehead atoms. The van der Waals surface area contributed by atoms with Gasteiger partial charge in [-0.2, -0.15) is 0 Å². The van der Waals surface area contributed by atoms with Crippen molar-refractivity contribution in [1.29, 1.82) is 0 Å². The third-order valence-corrected chi connectivity index (χ3v) is 5.98. The lowest BCUT2D eigenvalue weighted by Crippen LogP contribution is -2.29. The standard InChI is InChI=1S/C25H25N7O3/c1-4-35-25(34)30-24-28-19-14-16(13-18(21(19)29-24)22-26-8-5-9-27-22)15-6-7-20-17(12-15)23(33)32(3)11-10-31(20)2/h5-9,12-14H,4,10-11H2,1-3H3,(H2,28,29,30,34). The van der Waals surface area contributed by atoms with Crippen LogP contribution in [0.3, 0.4) is 0 Å². The van der Waals surface area contributed by atoms with Crippen LogP contribution in [0.25, 0.3) is 33.5 Å². The van der Waals surface area contributed by atoms with Crippen LogP contribution in [0.15, 0.2) is 48.8 Å². The number of carbonyl (C=O) groups is 2. The van der Waals surface area contributed by atoms with Gasteiger partial charge in [-0.1, -0.05) is 6.07 Å². The van der Waals surface area contributed by atoms with Crippen molar-refractivity contribution in [3.8, 4) is 22.5 Å². The molecule has 2 aromatic carbocycles. The fourth-order valence-electron chi connectivity index (χ4n) is 4.16. The van der Waals surface area contributed by atoms with Gasteiger partial charge in [0.25, 0.3) is 5.91 Å². The number of rotatable bonds is 4. The molecule has 0 unspecified atom stereocenters. The highest BCUT2D eigenvalue weighted by atomic mass is 16.5. The lowest BCUT2D eigenvalue weighted by Gasteiger charge is -2.18. The molecule has 5 rings (SSSR count). The van der Waals surface area contributed by atoms with E-state index in [-0.39, 0.29) is 18.5 Å². The molecule has 2 aromatic heterocycles. The van der Waals surface area contributed by atoms with Crippen LogP contribution < -0.4 is 10.2 Å². The van der Waals surface area contributed by atoms with Crippen LogP contribution in [-0.4, -0.2) is 70.6 Å². The van der Waals surface area contributed by atoms with E-state index in [4.69, 9.17) is 4.74 Å². The predicted molar refractivity (Wildman–Crippen MR) is 133 cm³/mol. The summed E-state index contributed by atoms with van der Waals surface area (Å²) in [5.74, 6) is 0.753. The molecule has 0 spiro atoms. The summed E-state index contributed by atoms with van der Waals surface area (Å²) in [6.07, 6.45) is 2.74. The lowest BCUT2D eigenvalue weighted by molar-refractivity contribution is 0.0805. The first-order valence-electron chi connectivity index (χ1n) is 11.3. The van der Waals surface area contributed by atoms with Gasteiger partial charge in [0.05, 0.1) is 23.2 Å². The number of fused-ring (bicyclic) bond motifs is 2. The normalized spacial score (nSPS) is 13.5. The number of anilines is 2. The second kappa shape index (κ2) is 9.05. The zero-order valence-corrected chi connectivity index (χ0v) is 19.7. The van der Waals surface area contributed by atoms with Crippen molar-refractivity contribution < 1.29 is 14.3 Å². The SMILES string of the molecule is CCOC(=O)Nc1nc2cc(-c3ccc4c(c3)C(=O)N(C)CCN4C)cc(-c3ncccn3)c2[nH]1. The number of H-pyrrole nitrogens is 1. The fraction of sp³-hybridized carbons (Fsp3) is 0.240. The molecule has 3 heterocycles. The molecule has 0 fully saturated rings. The number of likely N-dealkylation sites (N-methyl/N-ethyl adjacent to an activating group) is 2. The van der Waals surface area contributed by atoms with Crippen molar-refractivity contribution in [2.75, 3.05) is 44.0 Å². The van der Waals surface area contributed by atoms with Gasteiger partial charge in [0.2, 0.25) is 5.95 Å². The summed E-state index contributed by atoms with van der Waals surface area (Å²) in [6.45, 7) is 3.40. The second-order valence-corrected chi connectivity index (χ2v) is 8.30. The summed E-state index contributed by atoms with van der Waals surface area (Å²) in [5.41, 5.74) is 5.27. The average molecular weight is 472 g/mol. The zero-order valence-electron chi connectivity index (χ0n) is 19.7. The maximum absolute atomic E-state index is 13.0. The molecule has 1 aliphatic rings. The predicted octanol–water partition coefficient (Wildman–Crippen LogP) is 3.78. The van der Waals surface area contributed by atoms with Gasteiger partial charge in [0.15, 0.2) is 5.82 Å². The minimum atomic E-state index is -0.596. The number of imidazole rings is 1. The zero-order chi connectivity index (χ0) is 24.5. The summed E-state index contributed by atoms with van der Waals surface area (Å²) in [5, 5.41) is 2.61. The van der Waals surface area contributed by atoms with E-state index in [1.807, 2.05) is 44.4 Å². The molecular formula is C25H25N7O3. The number of nitrogens with zero attached hydrogens (tertiary/aromatic N) is 5. The Kier molecular flexibility index (Phi) is 5.77. The molecule has 4 aromatic rings. The minimum absolute atomic E-state index is 0.0143. The maximum atomic E-state index is 13.0. The third-order valence-electron chi connectivity index (χ3n) is 5.98.